The highest BCUT2D eigenvalue weighted by Crippen LogP contribution is 2.12. The lowest BCUT2D eigenvalue weighted by Crippen LogP contribution is -2.55. The molecule has 49 heavy (non-hydrogen) atoms. The van der Waals surface area contributed by atoms with Crippen LogP contribution in [0.4, 0.5) is 0 Å². The predicted molar refractivity (Wildman–Crippen MR) is 199 cm³/mol. The number of carbonyl (C=O) groups is 3. The van der Waals surface area contributed by atoms with Gasteiger partial charge in [-0.1, -0.05) is 115 Å². The number of likely N-dealkylation sites (N-methyl/N-ethyl adjacent to an activating group) is 1. The lowest BCUT2D eigenvalue weighted by Gasteiger charge is -2.34. The third-order valence-corrected chi connectivity index (χ3v) is 8.53. The Kier molecular flexibility index (Phi) is 31.1. The van der Waals surface area contributed by atoms with E-state index < -0.39 is 18.1 Å². The van der Waals surface area contributed by atoms with Gasteiger partial charge in [0.25, 0.3) is 0 Å². The molecule has 0 aliphatic carbocycles. The standard InChI is InChI=1S/C41H73NO7/c1-6-8-10-12-14-16-18-19-20-22-23-25-27-29-31-39(43)48-36-37(35-47-34-33-38(41(45)46)42(3,4)5)49-40(44)32-30-28-26-24-21-17-15-13-11-9-7-2/h13,15,17,20-22,37-38H,6-12,14,16,18-19,23-36H2,1-5H3/b15-13+,21-17+,22-20+. The van der Waals surface area contributed by atoms with Crippen molar-refractivity contribution in [2.45, 2.75) is 167 Å². The maximum atomic E-state index is 12.6. The highest BCUT2D eigenvalue weighted by atomic mass is 16.6. The van der Waals surface area contributed by atoms with E-state index in [1.165, 1.54) is 57.8 Å². The summed E-state index contributed by atoms with van der Waals surface area (Å²) in [5.74, 6) is -1.80. The molecule has 284 valence electrons. The Labute approximate surface area is 300 Å². The Bertz CT molecular complexity index is 906. The zero-order chi connectivity index (χ0) is 36.4. The van der Waals surface area contributed by atoms with Crippen molar-refractivity contribution in [3.8, 4) is 0 Å². The number of carboxylic acids is 1. The molecule has 0 bridgehead atoms. The van der Waals surface area contributed by atoms with E-state index in [-0.39, 0.29) is 49.1 Å². The van der Waals surface area contributed by atoms with Gasteiger partial charge in [0.1, 0.15) is 12.6 Å². The van der Waals surface area contributed by atoms with E-state index in [9.17, 15) is 19.5 Å². The topological polar surface area (TPSA) is 102 Å². The molecule has 0 aromatic carbocycles. The van der Waals surface area contributed by atoms with Gasteiger partial charge >= 0.3 is 11.9 Å². The van der Waals surface area contributed by atoms with Crippen LogP contribution in [0, 0.1) is 0 Å². The summed E-state index contributed by atoms with van der Waals surface area (Å²) in [6.07, 6.45) is 34.6. The molecular weight excluding hydrogens is 618 g/mol. The van der Waals surface area contributed by atoms with Gasteiger partial charge in [-0.3, -0.25) is 9.59 Å². The van der Waals surface area contributed by atoms with Crippen LogP contribution in [0.2, 0.25) is 0 Å². The van der Waals surface area contributed by atoms with Crippen LogP contribution in [0.25, 0.3) is 0 Å². The van der Waals surface area contributed by atoms with E-state index in [2.05, 4.69) is 50.3 Å². The minimum absolute atomic E-state index is 0.0255. The van der Waals surface area contributed by atoms with Crippen LogP contribution < -0.4 is 5.11 Å². The summed E-state index contributed by atoms with van der Waals surface area (Å²) in [6.45, 7) is 4.54. The van der Waals surface area contributed by atoms with E-state index in [0.717, 1.165) is 64.2 Å². The number of nitrogens with zero attached hydrogens (tertiary/aromatic N) is 1. The number of aliphatic carboxylic acids is 1. The molecule has 0 saturated carbocycles. The molecule has 0 aliphatic rings. The van der Waals surface area contributed by atoms with Crippen LogP contribution in [0.1, 0.15) is 155 Å². The fraction of sp³-hybridized carbons (Fsp3) is 0.780. The van der Waals surface area contributed by atoms with Crippen LogP contribution in [0.15, 0.2) is 36.5 Å². The molecule has 8 nitrogen and oxygen atoms in total. The van der Waals surface area contributed by atoms with Crippen molar-refractivity contribution < 1.29 is 38.2 Å². The van der Waals surface area contributed by atoms with Gasteiger partial charge in [-0.2, -0.15) is 0 Å². The minimum atomic E-state index is -1.13. The first-order chi connectivity index (χ1) is 23.6. The Hall–Kier alpha value is -2.45. The summed E-state index contributed by atoms with van der Waals surface area (Å²) >= 11 is 0. The van der Waals surface area contributed by atoms with Crippen molar-refractivity contribution in [3.63, 3.8) is 0 Å². The molecule has 0 aromatic rings. The first-order valence-corrected chi connectivity index (χ1v) is 19.5. The van der Waals surface area contributed by atoms with Crippen molar-refractivity contribution in [1.82, 2.24) is 0 Å². The van der Waals surface area contributed by atoms with Crippen LogP contribution in [-0.4, -0.2) is 75.5 Å². The van der Waals surface area contributed by atoms with Crippen molar-refractivity contribution in [1.29, 1.82) is 0 Å². The number of carbonyl (C=O) groups excluding carboxylic acids is 3. The van der Waals surface area contributed by atoms with E-state index in [1.54, 1.807) is 21.1 Å². The summed E-state index contributed by atoms with van der Waals surface area (Å²) in [5, 5.41) is 11.6. The number of ether oxygens (including phenoxy) is 3. The average Bonchev–Trinajstić information content (AvgIpc) is 3.05. The SMILES string of the molecule is CCCC/C=C/C=C/CCCCCC(=O)OC(COCCC(C(=O)[O-])[N+](C)(C)C)COC(=O)CCCCC/C=C/CCCCCCCCC. The molecule has 0 amide bonds. The third-order valence-electron chi connectivity index (χ3n) is 8.53. The quantitative estimate of drug-likeness (QED) is 0.0219. The summed E-state index contributed by atoms with van der Waals surface area (Å²) in [7, 11) is 5.38. The predicted octanol–water partition coefficient (Wildman–Crippen LogP) is 8.57. The molecule has 2 unspecified atom stereocenters. The van der Waals surface area contributed by atoms with Crippen molar-refractivity contribution in [2.24, 2.45) is 0 Å². The van der Waals surface area contributed by atoms with Gasteiger partial charge in [0.2, 0.25) is 0 Å². The highest BCUT2D eigenvalue weighted by molar-refractivity contribution is 5.70. The van der Waals surface area contributed by atoms with E-state index in [1.807, 2.05) is 0 Å². The molecule has 0 spiro atoms. The number of quaternary nitrogens is 1. The van der Waals surface area contributed by atoms with Gasteiger partial charge in [0, 0.05) is 19.3 Å². The van der Waals surface area contributed by atoms with Crippen molar-refractivity contribution in [3.05, 3.63) is 36.5 Å². The van der Waals surface area contributed by atoms with Crippen LogP contribution in [-0.2, 0) is 28.6 Å². The lowest BCUT2D eigenvalue weighted by molar-refractivity contribution is -0.889. The number of hydrogen-bond donors (Lipinski definition) is 0. The lowest BCUT2D eigenvalue weighted by atomic mass is 10.1. The van der Waals surface area contributed by atoms with Crippen molar-refractivity contribution >= 4 is 17.9 Å². The summed E-state index contributed by atoms with van der Waals surface area (Å²) < 4.78 is 17.0. The second kappa shape index (κ2) is 32.7. The van der Waals surface area contributed by atoms with Crippen LogP contribution in [0.3, 0.4) is 0 Å². The molecule has 0 aliphatic heterocycles. The zero-order valence-corrected chi connectivity index (χ0v) is 32.1. The van der Waals surface area contributed by atoms with E-state index in [0.29, 0.717) is 6.42 Å². The zero-order valence-electron chi connectivity index (χ0n) is 32.1. The Morgan fingerprint density at radius 2 is 1.10 bits per heavy atom. The molecular formula is C41H73NO7. The third kappa shape index (κ3) is 31.3. The second-order valence-corrected chi connectivity index (χ2v) is 14.2. The normalized spacial score (nSPS) is 13.4. The smallest absolute Gasteiger partial charge is 0.306 e. The van der Waals surface area contributed by atoms with Crippen LogP contribution >= 0.6 is 0 Å². The monoisotopic (exact) mass is 692 g/mol. The fourth-order valence-electron chi connectivity index (χ4n) is 5.39. The molecule has 0 fully saturated rings. The van der Waals surface area contributed by atoms with E-state index in [4.69, 9.17) is 14.2 Å². The van der Waals surface area contributed by atoms with Crippen LogP contribution in [0.5, 0.6) is 0 Å². The minimum Gasteiger partial charge on any atom is -0.544 e. The van der Waals surface area contributed by atoms with Gasteiger partial charge in [-0.25, -0.2) is 0 Å². The summed E-state index contributed by atoms with van der Waals surface area (Å²) in [4.78, 5) is 36.6. The highest BCUT2D eigenvalue weighted by Gasteiger charge is 2.25. The van der Waals surface area contributed by atoms with Gasteiger partial charge < -0.3 is 28.6 Å². The van der Waals surface area contributed by atoms with Gasteiger partial charge in [-0.05, 0) is 57.8 Å². The molecule has 0 heterocycles. The molecule has 0 N–H and O–H groups in total. The molecule has 0 rings (SSSR count). The van der Waals surface area contributed by atoms with Gasteiger partial charge in [0.05, 0.1) is 40.3 Å². The first-order valence-electron chi connectivity index (χ1n) is 19.5. The van der Waals surface area contributed by atoms with Gasteiger partial charge in [0.15, 0.2) is 6.10 Å². The maximum absolute atomic E-state index is 12.6. The molecule has 0 saturated heterocycles. The molecule has 8 heteroatoms. The van der Waals surface area contributed by atoms with E-state index >= 15 is 0 Å². The molecule has 0 radical (unpaired) electrons. The van der Waals surface area contributed by atoms with Gasteiger partial charge in [-0.15, -0.1) is 0 Å². The summed E-state index contributed by atoms with van der Waals surface area (Å²) in [6, 6.07) is -0.730. The first kappa shape index (κ1) is 46.5. The largest absolute Gasteiger partial charge is 0.544 e. The Morgan fingerprint density at radius 1 is 0.612 bits per heavy atom. The molecule has 2 atom stereocenters. The number of allylic oxidation sites excluding steroid dienone is 6. The Morgan fingerprint density at radius 3 is 1.65 bits per heavy atom. The number of unbranched alkanes of at least 4 members (excludes halogenated alkanes) is 15. The fourth-order valence-corrected chi connectivity index (χ4v) is 5.39. The number of carboxylic acid groups (broad SMARTS) is 1. The average molecular weight is 692 g/mol. The number of hydrogen-bond acceptors (Lipinski definition) is 7. The maximum Gasteiger partial charge on any atom is 0.306 e. The second-order valence-electron chi connectivity index (χ2n) is 14.2. The summed E-state index contributed by atoms with van der Waals surface area (Å²) in [5.41, 5.74) is 0. The number of rotatable bonds is 34. The molecule has 0 aromatic heterocycles. The number of esters is 2. The van der Waals surface area contributed by atoms with Crippen molar-refractivity contribution in [2.75, 3.05) is 41.0 Å². The Balaban J connectivity index is 4.47.